The van der Waals surface area contributed by atoms with Crippen LogP contribution in [0.4, 0.5) is 5.69 Å². The quantitative estimate of drug-likeness (QED) is 0.260. The summed E-state index contributed by atoms with van der Waals surface area (Å²) in [5.74, 6) is 0.0587. The molecular formula is C29H27ClN2O6. The van der Waals surface area contributed by atoms with Crippen molar-refractivity contribution in [2.24, 2.45) is 0 Å². The van der Waals surface area contributed by atoms with Crippen LogP contribution in [0, 0.1) is 0 Å². The molecule has 1 amide bonds. The third-order valence-corrected chi connectivity index (χ3v) is 6.13. The van der Waals surface area contributed by atoms with Gasteiger partial charge in [0.05, 0.1) is 32.9 Å². The molecule has 4 rings (SSSR count). The van der Waals surface area contributed by atoms with Gasteiger partial charge in [-0.1, -0.05) is 48.0 Å². The van der Waals surface area contributed by atoms with Crippen LogP contribution in [0.2, 0.25) is 5.15 Å². The Balaban J connectivity index is 1.67. The number of phenolic OH excluding ortho intramolecular Hbond substituents is 1. The van der Waals surface area contributed by atoms with Crippen molar-refractivity contribution in [3.05, 3.63) is 89.2 Å². The Morgan fingerprint density at radius 2 is 1.71 bits per heavy atom. The van der Waals surface area contributed by atoms with E-state index in [-0.39, 0.29) is 41.2 Å². The van der Waals surface area contributed by atoms with Gasteiger partial charge in [-0.3, -0.25) is 9.36 Å². The second-order valence-electron chi connectivity index (χ2n) is 8.27. The molecule has 2 N–H and O–H groups in total. The van der Waals surface area contributed by atoms with E-state index in [4.69, 9.17) is 25.8 Å². The number of halogens is 1. The Bertz CT molecular complexity index is 1460. The predicted octanol–water partition coefficient (Wildman–Crippen LogP) is 5.88. The molecule has 0 atom stereocenters. The Labute approximate surface area is 225 Å². The number of aromatic hydroxyl groups is 1. The van der Waals surface area contributed by atoms with Crippen molar-refractivity contribution in [3.8, 4) is 34.1 Å². The molecule has 196 valence electrons. The highest BCUT2D eigenvalue weighted by Gasteiger charge is 2.24. The van der Waals surface area contributed by atoms with Crippen LogP contribution in [0.5, 0.6) is 17.2 Å². The fraction of sp³-hybridized carbons (Fsp3) is 0.172. The highest BCUT2D eigenvalue weighted by molar-refractivity contribution is 6.31. The first-order valence-corrected chi connectivity index (χ1v) is 12.2. The SMILES string of the molecule is CCOC(=O)c1c(NC(=O)Cc2cccc(OC)c2)cc(Cl)n1-c1ccc(-c2cccc(OC)c2O)cc1. The van der Waals surface area contributed by atoms with E-state index in [2.05, 4.69) is 5.32 Å². The molecule has 0 aliphatic rings. The highest BCUT2D eigenvalue weighted by Crippen LogP contribution is 2.37. The lowest BCUT2D eigenvalue weighted by Gasteiger charge is -2.14. The monoisotopic (exact) mass is 534 g/mol. The summed E-state index contributed by atoms with van der Waals surface area (Å²) in [5.41, 5.74) is 2.96. The maximum Gasteiger partial charge on any atom is 0.357 e. The topological polar surface area (TPSA) is 99.0 Å². The summed E-state index contributed by atoms with van der Waals surface area (Å²) in [4.78, 5) is 25.9. The number of hydrogen-bond donors (Lipinski definition) is 2. The first-order chi connectivity index (χ1) is 18.4. The highest BCUT2D eigenvalue weighted by atomic mass is 35.5. The van der Waals surface area contributed by atoms with E-state index in [1.807, 2.05) is 6.07 Å². The maximum atomic E-state index is 13.0. The van der Waals surface area contributed by atoms with Gasteiger partial charge in [-0.05, 0) is 54.4 Å². The minimum absolute atomic E-state index is 0.0231. The number of nitrogens with zero attached hydrogens (tertiary/aromatic N) is 1. The van der Waals surface area contributed by atoms with Gasteiger partial charge in [0.15, 0.2) is 17.2 Å². The van der Waals surface area contributed by atoms with Crippen molar-refractivity contribution in [3.63, 3.8) is 0 Å². The number of phenols is 1. The summed E-state index contributed by atoms with van der Waals surface area (Å²) in [7, 11) is 3.04. The third kappa shape index (κ3) is 5.60. The van der Waals surface area contributed by atoms with Crippen LogP contribution in [0.25, 0.3) is 16.8 Å². The van der Waals surface area contributed by atoms with Gasteiger partial charge in [0.25, 0.3) is 0 Å². The van der Waals surface area contributed by atoms with Crippen LogP contribution in [0.3, 0.4) is 0 Å². The fourth-order valence-electron chi connectivity index (χ4n) is 4.10. The van der Waals surface area contributed by atoms with Crippen LogP contribution in [-0.2, 0) is 16.0 Å². The van der Waals surface area contributed by atoms with E-state index in [1.165, 1.54) is 17.7 Å². The second kappa shape index (κ2) is 11.7. The molecule has 0 fully saturated rings. The molecule has 38 heavy (non-hydrogen) atoms. The number of anilines is 1. The molecule has 0 saturated carbocycles. The van der Waals surface area contributed by atoms with E-state index in [0.717, 1.165) is 11.1 Å². The molecule has 9 heteroatoms. The summed E-state index contributed by atoms with van der Waals surface area (Å²) >= 11 is 6.56. The number of amides is 1. The number of methoxy groups -OCH3 is 2. The van der Waals surface area contributed by atoms with Crippen LogP contribution >= 0.6 is 11.6 Å². The maximum absolute atomic E-state index is 13.0. The van der Waals surface area contributed by atoms with Crippen molar-refractivity contribution in [2.75, 3.05) is 26.1 Å². The predicted molar refractivity (Wildman–Crippen MR) is 146 cm³/mol. The lowest BCUT2D eigenvalue weighted by molar-refractivity contribution is -0.115. The van der Waals surface area contributed by atoms with Crippen molar-refractivity contribution < 1.29 is 28.9 Å². The van der Waals surface area contributed by atoms with Gasteiger partial charge < -0.3 is 24.6 Å². The van der Waals surface area contributed by atoms with Gasteiger partial charge >= 0.3 is 5.97 Å². The van der Waals surface area contributed by atoms with Gasteiger partial charge in [-0.2, -0.15) is 0 Å². The number of ether oxygens (including phenoxy) is 3. The summed E-state index contributed by atoms with van der Waals surface area (Å²) in [6, 6.07) is 21.0. The number of aromatic nitrogens is 1. The Morgan fingerprint density at radius 1 is 0.974 bits per heavy atom. The van der Waals surface area contributed by atoms with Gasteiger partial charge in [0.1, 0.15) is 10.9 Å². The van der Waals surface area contributed by atoms with Crippen molar-refractivity contribution in [2.45, 2.75) is 13.3 Å². The van der Waals surface area contributed by atoms with Crippen LogP contribution < -0.4 is 14.8 Å². The molecule has 0 aliphatic heterocycles. The standard InChI is InChI=1S/C29H27ClN2O6/c1-4-38-29(35)27-23(31-26(33)16-18-7-5-8-21(15-18)36-2)17-25(30)32(27)20-13-11-19(12-14-20)22-9-6-10-24(37-3)28(22)34/h5-15,17,34H,4,16H2,1-3H3,(H,31,33). The summed E-state index contributed by atoms with van der Waals surface area (Å²) < 4.78 is 17.2. The van der Waals surface area contributed by atoms with E-state index >= 15 is 0 Å². The zero-order valence-electron chi connectivity index (χ0n) is 21.2. The molecule has 1 aromatic heterocycles. The summed E-state index contributed by atoms with van der Waals surface area (Å²) in [6.45, 7) is 1.84. The normalized spacial score (nSPS) is 10.6. The first-order valence-electron chi connectivity index (χ1n) is 11.8. The lowest BCUT2D eigenvalue weighted by Crippen LogP contribution is -2.18. The molecule has 0 radical (unpaired) electrons. The minimum Gasteiger partial charge on any atom is -0.504 e. The van der Waals surface area contributed by atoms with E-state index in [1.54, 1.807) is 74.7 Å². The Kier molecular flexibility index (Phi) is 8.23. The average Bonchev–Trinajstić information content (AvgIpc) is 3.24. The van der Waals surface area contributed by atoms with Gasteiger partial charge in [-0.25, -0.2) is 4.79 Å². The van der Waals surface area contributed by atoms with Crippen molar-refractivity contribution >= 4 is 29.2 Å². The molecule has 0 aliphatic carbocycles. The molecule has 4 aromatic rings. The molecule has 0 spiro atoms. The largest absolute Gasteiger partial charge is 0.504 e. The number of para-hydroxylation sites is 1. The number of nitrogens with one attached hydrogen (secondary N) is 1. The molecule has 8 nitrogen and oxygen atoms in total. The molecular weight excluding hydrogens is 508 g/mol. The zero-order valence-corrected chi connectivity index (χ0v) is 21.9. The number of esters is 1. The molecule has 3 aromatic carbocycles. The van der Waals surface area contributed by atoms with Crippen LogP contribution in [0.15, 0.2) is 72.8 Å². The first kappa shape index (κ1) is 26.6. The average molecular weight is 535 g/mol. The third-order valence-electron chi connectivity index (χ3n) is 5.85. The second-order valence-corrected chi connectivity index (χ2v) is 8.65. The smallest absolute Gasteiger partial charge is 0.357 e. The lowest BCUT2D eigenvalue weighted by atomic mass is 10.0. The number of hydrogen-bond acceptors (Lipinski definition) is 6. The van der Waals surface area contributed by atoms with Crippen molar-refractivity contribution in [1.82, 2.24) is 4.57 Å². The Hall–Kier alpha value is -4.43. The molecule has 1 heterocycles. The van der Waals surface area contributed by atoms with E-state index < -0.39 is 5.97 Å². The zero-order chi connectivity index (χ0) is 27.2. The van der Waals surface area contributed by atoms with E-state index in [0.29, 0.717) is 22.7 Å². The number of rotatable bonds is 9. The van der Waals surface area contributed by atoms with Crippen molar-refractivity contribution in [1.29, 1.82) is 0 Å². The number of carbonyl (C=O) groups excluding carboxylic acids is 2. The molecule has 0 unspecified atom stereocenters. The number of carbonyl (C=O) groups is 2. The molecule has 0 saturated heterocycles. The van der Waals surface area contributed by atoms with Gasteiger partial charge in [-0.15, -0.1) is 0 Å². The summed E-state index contributed by atoms with van der Waals surface area (Å²) in [6.07, 6.45) is 0.0704. The fourth-order valence-corrected chi connectivity index (χ4v) is 4.39. The van der Waals surface area contributed by atoms with Crippen LogP contribution in [-0.4, -0.2) is 42.4 Å². The van der Waals surface area contributed by atoms with E-state index in [9.17, 15) is 14.7 Å². The molecule has 0 bridgehead atoms. The van der Waals surface area contributed by atoms with Crippen LogP contribution in [0.1, 0.15) is 23.0 Å². The van der Waals surface area contributed by atoms with Gasteiger partial charge in [0.2, 0.25) is 5.91 Å². The number of benzene rings is 3. The van der Waals surface area contributed by atoms with Gasteiger partial charge in [0, 0.05) is 11.3 Å². The Morgan fingerprint density at radius 3 is 2.39 bits per heavy atom. The minimum atomic E-state index is -0.634. The summed E-state index contributed by atoms with van der Waals surface area (Å²) in [5, 5.41) is 13.5.